The highest BCUT2D eigenvalue weighted by Crippen LogP contribution is 2.27. The van der Waals surface area contributed by atoms with Crippen LogP contribution in [0.25, 0.3) is 11.1 Å². The molecule has 4 N–H and O–H groups in total. The molecule has 0 radical (unpaired) electrons. The van der Waals surface area contributed by atoms with Crippen molar-refractivity contribution in [1.29, 1.82) is 5.41 Å². The van der Waals surface area contributed by atoms with Crippen LogP contribution < -0.4 is 11.1 Å². The zero-order valence-electron chi connectivity index (χ0n) is 10.7. The third kappa shape index (κ3) is 3.61. The van der Waals surface area contributed by atoms with Crippen LogP contribution in [0.15, 0.2) is 35.7 Å². The monoisotopic (exact) mass is 305 g/mol. The summed E-state index contributed by atoms with van der Waals surface area (Å²) in [5, 5.41) is 12.2. The molecule has 0 saturated heterocycles. The molecule has 1 amide bonds. The van der Waals surface area contributed by atoms with E-state index in [2.05, 4.69) is 17.9 Å². The first-order valence-corrected chi connectivity index (χ1v) is 7.55. The molecule has 0 aliphatic rings. The quantitative estimate of drug-likeness (QED) is 0.389. The summed E-state index contributed by atoms with van der Waals surface area (Å²) in [7, 11) is 0. The van der Waals surface area contributed by atoms with Gasteiger partial charge in [-0.2, -0.15) is 12.6 Å². The average Bonchev–Trinajstić information content (AvgIpc) is 2.89. The van der Waals surface area contributed by atoms with Gasteiger partial charge in [-0.25, -0.2) is 0 Å². The molecular weight excluding hydrogens is 290 g/mol. The van der Waals surface area contributed by atoms with E-state index in [-0.39, 0.29) is 11.7 Å². The van der Waals surface area contributed by atoms with Crippen LogP contribution in [-0.2, 0) is 4.79 Å². The Hall–Kier alpha value is -1.79. The van der Waals surface area contributed by atoms with Crippen LogP contribution in [0.5, 0.6) is 0 Å². The van der Waals surface area contributed by atoms with Gasteiger partial charge in [-0.15, -0.1) is 11.3 Å². The maximum absolute atomic E-state index is 11.6. The van der Waals surface area contributed by atoms with Crippen LogP contribution in [0, 0.1) is 5.41 Å². The van der Waals surface area contributed by atoms with Gasteiger partial charge in [-0.3, -0.25) is 10.2 Å². The molecule has 0 fully saturated rings. The molecule has 0 atom stereocenters. The lowest BCUT2D eigenvalue weighted by atomic mass is 10.1. The first-order valence-electron chi connectivity index (χ1n) is 6.04. The molecule has 1 aromatic carbocycles. The SMILES string of the molecule is N=C(N)c1cc(-c2cccc(NC(=O)CCS)c2)cs1. The smallest absolute Gasteiger partial charge is 0.225 e. The predicted octanol–water partition coefficient (Wildman–Crippen LogP) is 2.96. The van der Waals surface area contributed by atoms with E-state index in [1.807, 2.05) is 35.7 Å². The summed E-state index contributed by atoms with van der Waals surface area (Å²) in [6, 6.07) is 9.47. The number of nitrogen functional groups attached to an aromatic ring is 1. The van der Waals surface area contributed by atoms with E-state index in [1.54, 1.807) is 0 Å². The van der Waals surface area contributed by atoms with Crippen molar-refractivity contribution in [2.24, 2.45) is 5.73 Å². The second-order valence-corrected chi connectivity index (χ2v) is 5.57. The van der Waals surface area contributed by atoms with E-state index >= 15 is 0 Å². The van der Waals surface area contributed by atoms with Gasteiger partial charge in [-0.1, -0.05) is 12.1 Å². The Balaban J connectivity index is 2.20. The molecule has 2 rings (SSSR count). The van der Waals surface area contributed by atoms with Crippen LogP contribution in [0.4, 0.5) is 5.69 Å². The Labute approximate surface area is 126 Å². The Morgan fingerprint density at radius 1 is 1.35 bits per heavy atom. The molecule has 0 aliphatic heterocycles. The second-order valence-electron chi connectivity index (χ2n) is 4.22. The third-order valence-electron chi connectivity index (χ3n) is 2.68. The van der Waals surface area contributed by atoms with Gasteiger partial charge in [0.15, 0.2) is 0 Å². The lowest BCUT2D eigenvalue weighted by Gasteiger charge is -2.06. The first kappa shape index (κ1) is 14.6. The normalized spacial score (nSPS) is 10.2. The lowest BCUT2D eigenvalue weighted by molar-refractivity contribution is -0.115. The highest BCUT2D eigenvalue weighted by Gasteiger charge is 2.06. The number of nitrogens with two attached hydrogens (primary N) is 1. The van der Waals surface area contributed by atoms with E-state index in [0.29, 0.717) is 12.2 Å². The maximum Gasteiger partial charge on any atom is 0.225 e. The fourth-order valence-electron chi connectivity index (χ4n) is 1.73. The van der Waals surface area contributed by atoms with Crippen LogP contribution in [-0.4, -0.2) is 17.5 Å². The molecule has 0 unspecified atom stereocenters. The Kier molecular flexibility index (Phi) is 4.81. The number of thiophene rings is 1. The number of amidine groups is 1. The number of amides is 1. The Bertz CT molecular complexity index is 637. The molecule has 0 aliphatic carbocycles. The van der Waals surface area contributed by atoms with Gasteiger partial charge in [0.2, 0.25) is 5.91 Å². The summed E-state index contributed by atoms with van der Waals surface area (Å²) in [5.74, 6) is 0.546. The number of hydrogen-bond acceptors (Lipinski definition) is 4. The number of thiol groups is 1. The number of carbonyl (C=O) groups excluding carboxylic acids is 1. The molecule has 2 aromatic rings. The summed E-state index contributed by atoms with van der Waals surface area (Å²) >= 11 is 5.47. The topological polar surface area (TPSA) is 79.0 Å². The fourth-order valence-corrected chi connectivity index (χ4v) is 2.71. The van der Waals surface area contributed by atoms with Crippen molar-refractivity contribution in [3.63, 3.8) is 0 Å². The highest BCUT2D eigenvalue weighted by atomic mass is 32.1. The maximum atomic E-state index is 11.6. The van der Waals surface area contributed by atoms with Crippen molar-refractivity contribution >= 4 is 41.4 Å². The molecular formula is C14H15N3OS2. The summed E-state index contributed by atoms with van der Waals surface area (Å²) in [6.45, 7) is 0. The van der Waals surface area contributed by atoms with Gasteiger partial charge < -0.3 is 11.1 Å². The third-order valence-corrected chi connectivity index (χ3v) is 3.87. The largest absolute Gasteiger partial charge is 0.383 e. The number of nitrogens with one attached hydrogen (secondary N) is 2. The van der Waals surface area contributed by atoms with Crippen molar-refractivity contribution in [3.05, 3.63) is 40.6 Å². The summed E-state index contributed by atoms with van der Waals surface area (Å²) < 4.78 is 0. The van der Waals surface area contributed by atoms with E-state index < -0.39 is 0 Å². The van der Waals surface area contributed by atoms with Crippen molar-refractivity contribution in [2.75, 3.05) is 11.1 Å². The van der Waals surface area contributed by atoms with Crippen LogP contribution in [0.1, 0.15) is 11.3 Å². The molecule has 6 heteroatoms. The van der Waals surface area contributed by atoms with E-state index in [9.17, 15) is 4.79 Å². The minimum atomic E-state index is -0.0492. The molecule has 0 spiro atoms. The minimum absolute atomic E-state index is 0.0492. The summed E-state index contributed by atoms with van der Waals surface area (Å²) in [5.41, 5.74) is 8.19. The first-order chi connectivity index (χ1) is 9.60. The molecule has 0 saturated carbocycles. The Morgan fingerprint density at radius 3 is 2.80 bits per heavy atom. The molecule has 104 valence electrons. The number of carbonyl (C=O) groups is 1. The van der Waals surface area contributed by atoms with E-state index in [0.717, 1.165) is 21.7 Å². The molecule has 20 heavy (non-hydrogen) atoms. The van der Waals surface area contributed by atoms with Gasteiger partial charge in [0, 0.05) is 12.1 Å². The minimum Gasteiger partial charge on any atom is -0.383 e. The lowest BCUT2D eigenvalue weighted by Crippen LogP contribution is -2.11. The van der Waals surface area contributed by atoms with Crippen LogP contribution in [0.3, 0.4) is 0 Å². The van der Waals surface area contributed by atoms with Crippen molar-refractivity contribution in [3.8, 4) is 11.1 Å². The van der Waals surface area contributed by atoms with Gasteiger partial charge in [-0.05, 0) is 40.5 Å². The number of anilines is 1. The second kappa shape index (κ2) is 6.58. The standard InChI is InChI=1S/C14H15N3OS2/c15-14(16)12-7-10(8-20-12)9-2-1-3-11(6-9)17-13(18)4-5-19/h1-3,6-8,19H,4-5H2,(H3,15,16)(H,17,18). The molecule has 0 bridgehead atoms. The Morgan fingerprint density at radius 2 is 2.15 bits per heavy atom. The van der Waals surface area contributed by atoms with Gasteiger partial charge in [0.25, 0.3) is 0 Å². The van der Waals surface area contributed by atoms with Crippen LogP contribution in [0.2, 0.25) is 0 Å². The predicted molar refractivity (Wildman–Crippen MR) is 87.9 cm³/mol. The van der Waals surface area contributed by atoms with Crippen molar-refractivity contribution < 1.29 is 4.79 Å². The zero-order chi connectivity index (χ0) is 14.5. The molecule has 4 nitrogen and oxygen atoms in total. The summed E-state index contributed by atoms with van der Waals surface area (Å²) in [6.07, 6.45) is 0.389. The van der Waals surface area contributed by atoms with E-state index in [4.69, 9.17) is 11.1 Å². The zero-order valence-corrected chi connectivity index (χ0v) is 12.4. The molecule has 1 aromatic heterocycles. The van der Waals surface area contributed by atoms with Gasteiger partial charge in [0.1, 0.15) is 5.84 Å². The van der Waals surface area contributed by atoms with E-state index in [1.165, 1.54) is 11.3 Å². The number of benzene rings is 1. The number of hydrogen-bond donors (Lipinski definition) is 4. The highest BCUT2D eigenvalue weighted by molar-refractivity contribution is 7.80. The van der Waals surface area contributed by atoms with Gasteiger partial charge >= 0.3 is 0 Å². The summed E-state index contributed by atoms with van der Waals surface area (Å²) in [4.78, 5) is 12.3. The van der Waals surface area contributed by atoms with Crippen molar-refractivity contribution in [1.82, 2.24) is 0 Å². The molecule has 1 heterocycles. The fraction of sp³-hybridized carbons (Fsp3) is 0.143. The van der Waals surface area contributed by atoms with Crippen molar-refractivity contribution in [2.45, 2.75) is 6.42 Å². The van der Waals surface area contributed by atoms with Gasteiger partial charge in [0.05, 0.1) is 4.88 Å². The average molecular weight is 305 g/mol. The number of rotatable bonds is 5. The van der Waals surface area contributed by atoms with Crippen LogP contribution >= 0.6 is 24.0 Å².